The van der Waals surface area contributed by atoms with E-state index in [0.29, 0.717) is 0 Å². The Hall–Kier alpha value is -1.45. The van der Waals surface area contributed by atoms with E-state index in [2.05, 4.69) is 20.7 Å². The Bertz CT molecular complexity index is 485. The summed E-state index contributed by atoms with van der Waals surface area (Å²) in [4.78, 5) is 10.7. The Kier molecular flexibility index (Phi) is 4.33. The number of ether oxygens (including phenoxy) is 1. The minimum absolute atomic E-state index is 0.136. The second-order valence-electron chi connectivity index (χ2n) is 3.14. The average Bonchev–Trinajstić information content (AvgIpc) is 2.18. The number of alkyl halides is 6. The molecule has 106 valence electrons. The largest absolute Gasteiger partial charge is 0.573 e. The highest BCUT2D eigenvalue weighted by Crippen LogP contribution is 2.33. The predicted molar refractivity (Wildman–Crippen MR) is 55.5 cm³/mol. The van der Waals surface area contributed by atoms with Crippen molar-refractivity contribution in [3.8, 4) is 5.75 Å². The van der Waals surface area contributed by atoms with E-state index in [4.69, 9.17) is 0 Å². The molecule has 0 radical (unpaired) electrons. The minimum Gasteiger partial charge on any atom is -0.404 e. The Morgan fingerprint density at radius 2 is 1.74 bits per heavy atom. The highest BCUT2D eigenvalue weighted by molar-refractivity contribution is 9.10. The number of halogens is 7. The summed E-state index contributed by atoms with van der Waals surface area (Å²) in [7, 11) is 0. The van der Waals surface area contributed by atoms with E-state index in [-0.39, 0.29) is 4.47 Å². The van der Waals surface area contributed by atoms with E-state index in [9.17, 15) is 31.1 Å². The summed E-state index contributed by atoms with van der Waals surface area (Å²) in [5.41, 5.74) is -0.747. The van der Waals surface area contributed by atoms with Crippen LogP contribution in [0.25, 0.3) is 0 Å². The molecule has 0 aliphatic rings. The van der Waals surface area contributed by atoms with Crippen LogP contribution in [0.2, 0.25) is 0 Å². The van der Waals surface area contributed by atoms with Crippen LogP contribution in [0.15, 0.2) is 22.7 Å². The normalized spacial score (nSPS) is 12.2. The van der Waals surface area contributed by atoms with Crippen molar-refractivity contribution >= 4 is 27.5 Å². The number of carbonyl (C=O) groups excluding carboxylic acids is 1. The Morgan fingerprint density at radius 1 is 1.16 bits per heavy atom. The van der Waals surface area contributed by atoms with Crippen LogP contribution >= 0.6 is 15.9 Å². The molecule has 0 atom stereocenters. The molecule has 10 heteroatoms. The summed E-state index contributed by atoms with van der Waals surface area (Å²) in [6.45, 7) is 0. The molecule has 19 heavy (non-hydrogen) atoms. The first kappa shape index (κ1) is 15.6. The van der Waals surface area contributed by atoms with E-state index in [1.807, 2.05) is 0 Å². The van der Waals surface area contributed by atoms with Crippen molar-refractivity contribution < 1.29 is 35.9 Å². The van der Waals surface area contributed by atoms with Gasteiger partial charge in [0.15, 0.2) is 5.75 Å². The zero-order valence-electron chi connectivity index (χ0n) is 8.69. The summed E-state index contributed by atoms with van der Waals surface area (Å²) in [5, 5.41) is 1.29. The molecule has 0 spiro atoms. The van der Waals surface area contributed by atoms with Crippen molar-refractivity contribution in [1.82, 2.24) is 0 Å². The van der Waals surface area contributed by atoms with Gasteiger partial charge in [-0.05, 0) is 18.2 Å². The molecule has 3 nitrogen and oxygen atoms in total. The lowest BCUT2D eigenvalue weighted by Crippen LogP contribution is -2.30. The van der Waals surface area contributed by atoms with Crippen LogP contribution in [0.1, 0.15) is 0 Å². The first-order chi connectivity index (χ1) is 8.49. The molecule has 0 aliphatic heterocycles. The first-order valence-electron chi connectivity index (χ1n) is 4.42. The molecule has 1 aromatic rings. The molecule has 0 aromatic heterocycles. The number of rotatable bonds is 2. The van der Waals surface area contributed by atoms with Gasteiger partial charge in [0.2, 0.25) is 0 Å². The summed E-state index contributed by atoms with van der Waals surface area (Å²) < 4.78 is 75.8. The van der Waals surface area contributed by atoms with Crippen molar-refractivity contribution in [2.45, 2.75) is 12.5 Å². The maximum absolute atomic E-state index is 12.1. The molecule has 0 fully saturated rings. The van der Waals surface area contributed by atoms with Crippen LogP contribution in [-0.4, -0.2) is 18.4 Å². The van der Waals surface area contributed by atoms with Crippen LogP contribution in [-0.2, 0) is 4.79 Å². The second-order valence-corrected chi connectivity index (χ2v) is 4.06. The topological polar surface area (TPSA) is 38.3 Å². The molecule has 1 N–H and O–H groups in total. The van der Waals surface area contributed by atoms with Crippen LogP contribution in [0.4, 0.5) is 32.0 Å². The lowest BCUT2D eigenvalue weighted by Gasteiger charge is -2.15. The molecule has 0 bridgehead atoms. The number of nitrogens with one attached hydrogen (secondary N) is 1. The summed E-state index contributed by atoms with van der Waals surface area (Å²) in [6, 6.07) is 2.77. The van der Waals surface area contributed by atoms with Gasteiger partial charge in [-0.15, -0.1) is 13.2 Å². The summed E-state index contributed by atoms with van der Waals surface area (Å²) in [5.74, 6) is -3.36. The van der Waals surface area contributed by atoms with Gasteiger partial charge in [0.1, 0.15) is 0 Å². The van der Waals surface area contributed by atoms with E-state index in [0.717, 1.165) is 18.2 Å². The molecule has 0 saturated carbocycles. The molecule has 0 heterocycles. The monoisotopic (exact) mass is 351 g/mol. The maximum atomic E-state index is 12.1. The summed E-state index contributed by atoms with van der Waals surface area (Å²) in [6.07, 6.45) is -10.3. The smallest absolute Gasteiger partial charge is 0.404 e. The summed E-state index contributed by atoms with van der Waals surface area (Å²) >= 11 is 2.83. The SMILES string of the molecule is O=C(Nc1ccc(Br)cc1OC(F)(F)F)C(F)(F)F. The van der Waals surface area contributed by atoms with E-state index < -0.39 is 29.9 Å². The lowest BCUT2D eigenvalue weighted by atomic mass is 10.3. The van der Waals surface area contributed by atoms with Gasteiger partial charge in [0.25, 0.3) is 0 Å². The number of carbonyl (C=O) groups is 1. The van der Waals surface area contributed by atoms with Crippen molar-refractivity contribution in [2.24, 2.45) is 0 Å². The van der Waals surface area contributed by atoms with E-state index >= 15 is 0 Å². The van der Waals surface area contributed by atoms with Crippen molar-refractivity contribution in [1.29, 1.82) is 0 Å². The Morgan fingerprint density at radius 3 is 2.21 bits per heavy atom. The number of hydrogen-bond donors (Lipinski definition) is 1. The fraction of sp³-hybridized carbons (Fsp3) is 0.222. The predicted octanol–water partition coefficient (Wildman–Crippen LogP) is 3.85. The van der Waals surface area contributed by atoms with Gasteiger partial charge in [-0.25, -0.2) is 0 Å². The van der Waals surface area contributed by atoms with Crippen LogP contribution in [0.5, 0.6) is 5.75 Å². The molecular weight excluding hydrogens is 348 g/mol. The molecular formula is C9H4BrF6NO2. The fourth-order valence-corrected chi connectivity index (χ4v) is 1.34. The van der Waals surface area contributed by atoms with Gasteiger partial charge in [-0.3, -0.25) is 4.79 Å². The van der Waals surface area contributed by atoms with Gasteiger partial charge >= 0.3 is 18.4 Å². The zero-order chi connectivity index (χ0) is 14.8. The van der Waals surface area contributed by atoms with Crippen LogP contribution in [0.3, 0.4) is 0 Å². The quantitative estimate of drug-likeness (QED) is 0.822. The second kappa shape index (κ2) is 5.27. The third kappa shape index (κ3) is 4.97. The third-order valence-corrected chi connectivity index (χ3v) is 2.17. The molecule has 0 aliphatic carbocycles. The highest BCUT2D eigenvalue weighted by Gasteiger charge is 2.39. The highest BCUT2D eigenvalue weighted by atomic mass is 79.9. The van der Waals surface area contributed by atoms with Gasteiger partial charge in [0, 0.05) is 4.47 Å². The Labute approximate surface area is 110 Å². The van der Waals surface area contributed by atoms with Crippen LogP contribution in [0, 0.1) is 0 Å². The number of hydrogen-bond acceptors (Lipinski definition) is 2. The third-order valence-electron chi connectivity index (χ3n) is 1.68. The van der Waals surface area contributed by atoms with E-state index in [1.54, 1.807) is 0 Å². The van der Waals surface area contributed by atoms with Crippen LogP contribution < -0.4 is 10.1 Å². The lowest BCUT2D eigenvalue weighted by molar-refractivity contribution is -0.274. The number of benzene rings is 1. The fourth-order valence-electron chi connectivity index (χ4n) is 1.00. The van der Waals surface area contributed by atoms with Gasteiger partial charge in [-0.2, -0.15) is 13.2 Å². The van der Waals surface area contributed by atoms with E-state index in [1.165, 1.54) is 5.32 Å². The molecule has 1 amide bonds. The van der Waals surface area contributed by atoms with Gasteiger partial charge < -0.3 is 10.1 Å². The average molecular weight is 352 g/mol. The zero-order valence-corrected chi connectivity index (χ0v) is 10.3. The van der Waals surface area contributed by atoms with Gasteiger partial charge in [0.05, 0.1) is 5.69 Å². The molecule has 1 rings (SSSR count). The molecule has 0 saturated heterocycles. The standard InChI is InChI=1S/C9H4BrF6NO2/c10-4-1-2-5(17-7(18)8(11,12)13)6(3-4)19-9(14,15)16/h1-3H,(H,17,18). The molecule has 0 unspecified atom stereocenters. The number of anilines is 1. The van der Waals surface area contributed by atoms with Gasteiger partial charge in [-0.1, -0.05) is 15.9 Å². The first-order valence-corrected chi connectivity index (χ1v) is 5.22. The Balaban J connectivity index is 3.04. The van der Waals surface area contributed by atoms with Crippen molar-refractivity contribution in [3.05, 3.63) is 22.7 Å². The molecule has 1 aromatic carbocycles. The number of amides is 1. The minimum atomic E-state index is -5.22. The van der Waals surface area contributed by atoms with Crippen molar-refractivity contribution in [3.63, 3.8) is 0 Å². The van der Waals surface area contributed by atoms with Crippen molar-refractivity contribution in [2.75, 3.05) is 5.32 Å². The maximum Gasteiger partial charge on any atom is 0.573 e.